The number of nitrogens with zero attached hydrogens (tertiary/aromatic N) is 2. The van der Waals surface area contributed by atoms with Crippen molar-refractivity contribution in [2.24, 2.45) is 0 Å². The Bertz CT molecular complexity index is 619. The summed E-state index contributed by atoms with van der Waals surface area (Å²) in [6, 6.07) is 7.13. The minimum absolute atomic E-state index is 0.0817. The van der Waals surface area contributed by atoms with Gasteiger partial charge >= 0.3 is 12.2 Å². The predicted molar refractivity (Wildman–Crippen MR) is 102 cm³/mol. The van der Waals surface area contributed by atoms with Gasteiger partial charge in [0.15, 0.2) is 0 Å². The Labute approximate surface area is 164 Å². The van der Waals surface area contributed by atoms with Crippen LogP contribution in [0.5, 0.6) is 5.75 Å². The molecule has 0 bridgehead atoms. The maximum Gasteiger partial charge on any atom is 0.390 e. The molecule has 1 aliphatic heterocycles. The molecule has 8 heteroatoms. The van der Waals surface area contributed by atoms with Gasteiger partial charge in [-0.25, -0.2) is 4.79 Å². The molecule has 1 aliphatic rings. The Kier molecular flexibility index (Phi) is 8.41. The lowest BCUT2D eigenvalue weighted by Gasteiger charge is -2.36. The first-order valence-corrected chi connectivity index (χ1v) is 9.82. The number of piperidine rings is 1. The van der Waals surface area contributed by atoms with Crippen molar-refractivity contribution in [1.82, 2.24) is 15.1 Å². The molecule has 0 saturated carbocycles. The fourth-order valence-electron chi connectivity index (χ4n) is 3.57. The number of carbonyl (C=O) groups excluding carboxylic acids is 1. The number of ether oxygens (including phenoxy) is 1. The maximum absolute atomic E-state index is 12.5. The summed E-state index contributed by atoms with van der Waals surface area (Å²) in [7, 11) is 1.61. The number of hydrogen-bond donors (Lipinski definition) is 1. The number of urea groups is 1. The second-order valence-corrected chi connectivity index (χ2v) is 6.99. The quantitative estimate of drug-likeness (QED) is 0.710. The highest BCUT2D eigenvalue weighted by Gasteiger charge is 2.29. The molecule has 1 aromatic rings. The monoisotopic (exact) mass is 401 g/mol. The predicted octanol–water partition coefficient (Wildman–Crippen LogP) is 4.21. The van der Waals surface area contributed by atoms with Crippen molar-refractivity contribution < 1.29 is 22.7 Å². The topological polar surface area (TPSA) is 44.8 Å². The van der Waals surface area contributed by atoms with Crippen LogP contribution >= 0.6 is 0 Å². The van der Waals surface area contributed by atoms with Crippen LogP contribution in [-0.4, -0.2) is 61.8 Å². The Morgan fingerprint density at radius 1 is 1.25 bits per heavy atom. The average Bonchev–Trinajstić information content (AvgIpc) is 2.69. The first-order chi connectivity index (χ1) is 13.4. The number of amides is 2. The summed E-state index contributed by atoms with van der Waals surface area (Å²) in [6.07, 6.45) is -1.92. The number of carbonyl (C=O) groups is 1. The summed E-state index contributed by atoms with van der Waals surface area (Å²) < 4.78 is 43.0. The highest BCUT2D eigenvalue weighted by Crippen LogP contribution is 2.31. The number of hydrogen-bond acceptors (Lipinski definition) is 3. The molecular formula is C20H30F3N3O2. The highest BCUT2D eigenvalue weighted by atomic mass is 19.4. The molecule has 2 amide bonds. The molecule has 0 unspecified atom stereocenters. The molecule has 28 heavy (non-hydrogen) atoms. The molecule has 5 nitrogen and oxygen atoms in total. The Morgan fingerprint density at radius 3 is 2.54 bits per heavy atom. The van der Waals surface area contributed by atoms with Gasteiger partial charge in [0, 0.05) is 25.2 Å². The van der Waals surface area contributed by atoms with Gasteiger partial charge < -0.3 is 15.0 Å². The van der Waals surface area contributed by atoms with Crippen LogP contribution in [0.3, 0.4) is 0 Å². The highest BCUT2D eigenvalue weighted by molar-refractivity contribution is 5.74. The number of para-hydroxylation sites is 1. The Balaban J connectivity index is 2.08. The van der Waals surface area contributed by atoms with Crippen LogP contribution in [0.4, 0.5) is 18.0 Å². The normalized spacial score (nSPS) is 16.5. The molecule has 1 fully saturated rings. The largest absolute Gasteiger partial charge is 0.496 e. The lowest BCUT2D eigenvalue weighted by atomic mass is 10.0. The molecule has 0 aromatic heterocycles. The number of alkyl halides is 3. The van der Waals surface area contributed by atoms with Gasteiger partial charge in [0.1, 0.15) is 5.75 Å². The molecule has 1 heterocycles. The molecule has 1 atom stereocenters. The van der Waals surface area contributed by atoms with Crippen LogP contribution in [0.15, 0.2) is 24.3 Å². The third kappa shape index (κ3) is 6.58. The van der Waals surface area contributed by atoms with E-state index in [0.29, 0.717) is 6.54 Å². The molecule has 158 valence electrons. The SMILES string of the molecule is CCN(CCC(F)(F)F)C(=O)NC[C@@H](c1ccccc1OC)N1CCCCC1. The molecule has 1 saturated heterocycles. The van der Waals surface area contributed by atoms with Crippen molar-refractivity contribution in [2.75, 3.05) is 39.8 Å². The van der Waals surface area contributed by atoms with E-state index in [-0.39, 0.29) is 19.1 Å². The Morgan fingerprint density at radius 2 is 1.93 bits per heavy atom. The van der Waals surface area contributed by atoms with Gasteiger partial charge in [0.05, 0.1) is 19.6 Å². The number of methoxy groups -OCH3 is 1. The van der Waals surface area contributed by atoms with E-state index in [2.05, 4.69) is 10.2 Å². The summed E-state index contributed by atoms with van der Waals surface area (Å²) in [5, 5.41) is 2.84. The third-order valence-corrected chi connectivity index (χ3v) is 5.11. The van der Waals surface area contributed by atoms with E-state index < -0.39 is 18.6 Å². The summed E-state index contributed by atoms with van der Waals surface area (Å²) in [5.74, 6) is 0.747. The van der Waals surface area contributed by atoms with E-state index >= 15 is 0 Å². The van der Waals surface area contributed by atoms with Crippen LogP contribution in [0.2, 0.25) is 0 Å². The first kappa shape index (κ1) is 22.3. The van der Waals surface area contributed by atoms with Gasteiger partial charge in [-0.1, -0.05) is 24.6 Å². The third-order valence-electron chi connectivity index (χ3n) is 5.11. The molecule has 0 radical (unpaired) electrons. The van der Waals surface area contributed by atoms with Gasteiger partial charge in [-0.3, -0.25) is 4.90 Å². The standard InChI is InChI=1S/C20H30F3N3O2/c1-3-25(14-11-20(21,22)23)19(27)24-15-17(26-12-7-4-8-13-26)16-9-5-6-10-18(16)28-2/h5-6,9-10,17H,3-4,7-8,11-15H2,1-2H3,(H,24,27)/t17-/m0/s1. The lowest BCUT2D eigenvalue weighted by molar-refractivity contribution is -0.136. The molecule has 1 aromatic carbocycles. The van der Waals surface area contributed by atoms with Crippen molar-refractivity contribution in [3.05, 3.63) is 29.8 Å². The van der Waals surface area contributed by atoms with Crippen molar-refractivity contribution in [1.29, 1.82) is 0 Å². The number of nitrogens with one attached hydrogen (secondary N) is 1. The first-order valence-electron chi connectivity index (χ1n) is 9.82. The molecule has 0 aliphatic carbocycles. The molecule has 1 N–H and O–H groups in total. The summed E-state index contributed by atoms with van der Waals surface area (Å²) >= 11 is 0. The van der Waals surface area contributed by atoms with Crippen LogP contribution < -0.4 is 10.1 Å². The van der Waals surface area contributed by atoms with E-state index in [9.17, 15) is 18.0 Å². The van der Waals surface area contributed by atoms with E-state index in [4.69, 9.17) is 4.74 Å². The van der Waals surface area contributed by atoms with Gasteiger partial charge in [0.25, 0.3) is 0 Å². The van der Waals surface area contributed by atoms with Gasteiger partial charge in [-0.15, -0.1) is 0 Å². The van der Waals surface area contributed by atoms with Crippen LogP contribution in [0.25, 0.3) is 0 Å². The minimum Gasteiger partial charge on any atom is -0.496 e. The van der Waals surface area contributed by atoms with Crippen molar-refractivity contribution in [3.8, 4) is 5.75 Å². The van der Waals surface area contributed by atoms with Gasteiger partial charge in [0.2, 0.25) is 0 Å². The summed E-state index contributed by atoms with van der Waals surface area (Å²) in [6.45, 7) is 3.73. The van der Waals surface area contributed by atoms with Crippen LogP contribution in [0, 0.1) is 0 Å². The lowest BCUT2D eigenvalue weighted by Crippen LogP contribution is -2.46. The van der Waals surface area contributed by atoms with Crippen molar-refractivity contribution >= 4 is 6.03 Å². The minimum atomic E-state index is -4.28. The van der Waals surface area contributed by atoms with Crippen molar-refractivity contribution in [3.63, 3.8) is 0 Å². The maximum atomic E-state index is 12.5. The van der Waals surface area contributed by atoms with Crippen LogP contribution in [-0.2, 0) is 0 Å². The smallest absolute Gasteiger partial charge is 0.390 e. The molecular weight excluding hydrogens is 371 g/mol. The van der Waals surface area contributed by atoms with E-state index in [0.717, 1.165) is 37.2 Å². The van der Waals surface area contributed by atoms with E-state index in [1.807, 2.05) is 24.3 Å². The zero-order valence-corrected chi connectivity index (χ0v) is 16.6. The zero-order chi connectivity index (χ0) is 20.6. The Hall–Kier alpha value is -1.96. The van der Waals surface area contributed by atoms with E-state index in [1.54, 1.807) is 14.0 Å². The zero-order valence-electron chi connectivity index (χ0n) is 16.6. The van der Waals surface area contributed by atoms with Crippen LogP contribution in [0.1, 0.15) is 44.2 Å². The fraction of sp³-hybridized carbons (Fsp3) is 0.650. The molecule has 2 rings (SSSR count). The van der Waals surface area contributed by atoms with Gasteiger partial charge in [-0.05, 0) is 38.9 Å². The van der Waals surface area contributed by atoms with E-state index in [1.165, 1.54) is 11.3 Å². The summed E-state index contributed by atoms with van der Waals surface area (Å²) in [4.78, 5) is 16.0. The number of likely N-dealkylation sites (tertiary alicyclic amines) is 1. The summed E-state index contributed by atoms with van der Waals surface area (Å²) in [5.41, 5.74) is 0.977. The average molecular weight is 401 g/mol. The van der Waals surface area contributed by atoms with Gasteiger partial charge in [-0.2, -0.15) is 13.2 Å². The second-order valence-electron chi connectivity index (χ2n) is 6.99. The number of rotatable bonds is 8. The second kappa shape index (κ2) is 10.5. The number of halogens is 3. The van der Waals surface area contributed by atoms with Crippen molar-refractivity contribution in [2.45, 2.75) is 44.8 Å². The fourth-order valence-corrected chi connectivity index (χ4v) is 3.57. The molecule has 0 spiro atoms. The number of benzene rings is 1.